The summed E-state index contributed by atoms with van der Waals surface area (Å²) in [5.74, 6) is -2.66. The number of anilines is 2. The number of hydrogen-bond acceptors (Lipinski definition) is 4. The lowest BCUT2D eigenvalue weighted by atomic mass is 9.81. The van der Waals surface area contributed by atoms with E-state index in [1.54, 1.807) is 24.3 Å². The molecule has 2 atom stereocenters. The molecule has 2 N–H and O–H groups in total. The summed E-state index contributed by atoms with van der Waals surface area (Å²) in [6.45, 7) is 0. The number of nitrogens with zero attached hydrogens (tertiary/aromatic N) is 1. The third-order valence-electron chi connectivity index (χ3n) is 5.67. The fraction of sp³-hybridized carbons (Fsp3) is 0.273. The maximum atomic E-state index is 12.8. The Morgan fingerprint density at radius 1 is 1.00 bits per heavy atom. The number of imide groups is 1. The van der Waals surface area contributed by atoms with Gasteiger partial charge in [0.1, 0.15) is 0 Å². The van der Waals surface area contributed by atoms with E-state index in [1.165, 1.54) is 23.1 Å². The zero-order valence-corrected chi connectivity index (χ0v) is 17.5. The van der Waals surface area contributed by atoms with Gasteiger partial charge in [0, 0.05) is 10.0 Å². The number of benzene rings is 2. The molecule has 2 aliphatic rings. The van der Waals surface area contributed by atoms with Crippen molar-refractivity contribution < 1.29 is 24.3 Å². The van der Waals surface area contributed by atoms with E-state index in [0.717, 1.165) is 12.8 Å². The van der Waals surface area contributed by atoms with Crippen LogP contribution in [0.5, 0.6) is 0 Å². The van der Waals surface area contributed by atoms with Crippen LogP contribution in [-0.2, 0) is 9.59 Å². The van der Waals surface area contributed by atoms with Gasteiger partial charge in [-0.05, 0) is 49.2 Å². The fourth-order valence-corrected chi connectivity index (χ4v) is 4.56. The van der Waals surface area contributed by atoms with Crippen molar-refractivity contribution in [1.82, 2.24) is 0 Å². The first-order valence-corrected chi connectivity index (χ1v) is 10.5. The minimum Gasteiger partial charge on any atom is -0.478 e. The summed E-state index contributed by atoms with van der Waals surface area (Å²) in [6.07, 6.45) is 3.31. The highest BCUT2D eigenvalue weighted by molar-refractivity contribution is 9.10. The number of nitrogens with one attached hydrogen (secondary N) is 1. The van der Waals surface area contributed by atoms with Crippen LogP contribution in [0.3, 0.4) is 0 Å². The van der Waals surface area contributed by atoms with Gasteiger partial charge in [0.25, 0.3) is 5.91 Å². The number of aromatic carboxylic acids is 1. The van der Waals surface area contributed by atoms with Crippen LogP contribution in [0.4, 0.5) is 11.4 Å². The Kier molecular flexibility index (Phi) is 5.42. The van der Waals surface area contributed by atoms with Gasteiger partial charge in [-0.3, -0.25) is 19.3 Å². The molecule has 3 amide bonds. The SMILES string of the molecule is O=C(Nc1ccc(Br)cc1C(=O)O)c1cccc(N2C(=O)C3CCCCC3C2=O)c1. The van der Waals surface area contributed by atoms with Gasteiger partial charge in [0.05, 0.1) is 28.8 Å². The summed E-state index contributed by atoms with van der Waals surface area (Å²) in [7, 11) is 0. The van der Waals surface area contributed by atoms with E-state index < -0.39 is 11.9 Å². The summed E-state index contributed by atoms with van der Waals surface area (Å²) >= 11 is 3.21. The average molecular weight is 471 g/mol. The van der Waals surface area contributed by atoms with E-state index in [9.17, 15) is 24.3 Å². The van der Waals surface area contributed by atoms with Gasteiger partial charge in [-0.15, -0.1) is 0 Å². The first-order chi connectivity index (χ1) is 14.4. The molecule has 0 radical (unpaired) electrons. The molecule has 8 heteroatoms. The molecule has 7 nitrogen and oxygen atoms in total. The highest BCUT2D eigenvalue weighted by Gasteiger charge is 2.48. The van der Waals surface area contributed by atoms with Gasteiger partial charge in [-0.2, -0.15) is 0 Å². The van der Waals surface area contributed by atoms with Crippen LogP contribution in [-0.4, -0.2) is 28.8 Å². The third kappa shape index (κ3) is 3.63. The lowest BCUT2D eigenvalue weighted by Crippen LogP contribution is -2.31. The van der Waals surface area contributed by atoms with Crippen LogP contribution in [0, 0.1) is 11.8 Å². The predicted molar refractivity (Wildman–Crippen MR) is 113 cm³/mol. The highest BCUT2D eigenvalue weighted by Crippen LogP contribution is 2.40. The van der Waals surface area contributed by atoms with Gasteiger partial charge in [-0.25, -0.2) is 4.79 Å². The van der Waals surface area contributed by atoms with Crippen LogP contribution in [0.25, 0.3) is 0 Å². The summed E-state index contributed by atoms with van der Waals surface area (Å²) in [6, 6.07) is 10.8. The number of carbonyl (C=O) groups excluding carboxylic acids is 3. The summed E-state index contributed by atoms with van der Waals surface area (Å²) < 4.78 is 0.576. The maximum absolute atomic E-state index is 12.8. The Labute approximate surface area is 181 Å². The lowest BCUT2D eigenvalue weighted by molar-refractivity contribution is -0.122. The third-order valence-corrected chi connectivity index (χ3v) is 6.16. The zero-order chi connectivity index (χ0) is 21.4. The molecule has 2 aromatic carbocycles. The van der Waals surface area contributed by atoms with Gasteiger partial charge in [0.15, 0.2) is 0 Å². The van der Waals surface area contributed by atoms with Crippen molar-refractivity contribution in [3.05, 3.63) is 58.1 Å². The number of rotatable bonds is 4. The van der Waals surface area contributed by atoms with Crippen LogP contribution < -0.4 is 10.2 Å². The molecular formula is C22H19BrN2O5. The minimum absolute atomic E-state index is 0.0529. The molecular weight excluding hydrogens is 452 g/mol. The van der Waals surface area contributed by atoms with E-state index in [4.69, 9.17) is 0 Å². The normalized spacial score (nSPS) is 20.8. The standard InChI is InChI=1S/C22H19BrN2O5/c23-13-8-9-18(17(11-13)22(29)30)24-19(26)12-4-3-5-14(10-12)25-20(27)15-6-1-2-7-16(15)21(25)28/h3-5,8-11,15-16H,1-2,6-7H2,(H,24,26)(H,29,30). The molecule has 154 valence electrons. The first kappa shape index (κ1) is 20.3. The Balaban J connectivity index is 1.60. The molecule has 0 bridgehead atoms. The number of carboxylic acids is 1. The molecule has 30 heavy (non-hydrogen) atoms. The minimum atomic E-state index is -1.17. The van der Waals surface area contributed by atoms with Crippen LogP contribution in [0.1, 0.15) is 46.4 Å². The van der Waals surface area contributed by atoms with Crippen molar-refractivity contribution >= 4 is 51.0 Å². The van der Waals surface area contributed by atoms with Crippen molar-refractivity contribution in [3.63, 3.8) is 0 Å². The molecule has 4 rings (SSSR count). The maximum Gasteiger partial charge on any atom is 0.337 e. The van der Waals surface area contributed by atoms with Crippen molar-refractivity contribution in [2.45, 2.75) is 25.7 Å². The molecule has 1 aliphatic carbocycles. The Bertz CT molecular complexity index is 1040. The monoisotopic (exact) mass is 470 g/mol. The molecule has 0 spiro atoms. The van der Waals surface area contributed by atoms with Crippen molar-refractivity contribution in [2.75, 3.05) is 10.2 Å². The molecule has 1 heterocycles. The number of hydrogen-bond donors (Lipinski definition) is 2. The Morgan fingerprint density at radius 3 is 2.30 bits per heavy atom. The quantitative estimate of drug-likeness (QED) is 0.655. The van der Waals surface area contributed by atoms with Gasteiger partial charge in [0.2, 0.25) is 11.8 Å². The number of fused-ring (bicyclic) bond motifs is 1. The molecule has 1 saturated heterocycles. The van der Waals surface area contributed by atoms with Crippen LogP contribution in [0.2, 0.25) is 0 Å². The molecule has 1 saturated carbocycles. The van der Waals surface area contributed by atoms with Crippen LogP contribution in [0.15, 0.2) is 46.9 Å². The Morgan fingerprint density at radius 2 is 1.67 bits per heavy atom. The number of amides is 3. The topological polar surface area (TPSA) is 104 Å². The van der Waals surface area contributed by atoms with Gasteiger partial charge >= 0.3 is 5.97 Å². The average Bonchev–Trinajstić information content (AvgIpc) is 3.00. The second kappa shape index (κ2) is 8.02. The van der Waals surface area contributed by atoms with E-state index >= 15 is 0 Å². The molecule has 2 unspecified atom stereocenters. The van der Waals surface area contributed by atoms with Crippen molar-refractivity contribution in [3.8, 4) is 0 Å². The van der Waals surface area contributed by atoms with Crippen molar-refractivity contribution in [1.29, 1.82) is 0 Å². The second-order valence-corrected chi connectivity index (χ2v) is 8.42. The number of halogens is 1. The zero-order valence-electron chi connectivity index (χ0n) is 15.9. The van der Waals surface area contributed by atoms with E-state index in [2.05, 4.69) is 21.2 Å². The van der Waals surface area contributed by atoms with E-state index in [0.29, 0.717) is 23.0 Å². The number of carboxylic acid groups (broad SMARTS) is 1. The molecule has 0 aromatic heterocycles. The lowest BCUT2D eigenvalue weighted by Gasteiger charge is -2.19. The second-order valence-electron chi connectivity index (χ2n) is 7.51. The van der Waals surface area contributed by atoms with Crippen molar-refractivity contribution in [2.24, 2.45) is 11.8 Å². The first-order valence-electron chi connectivity index (χ1n) is 9.69. The van der Waals surface area contributed by atoms with Crippen LogP contribution >= 0.6 is 15.9 Å². The Hall–Kier alpha value is -3.00. The van der Waals surface area contributed by atoms with E-state index in [1.807, 2.05) is 0 Å². The van der Waals surface area contributed by atoms with E-state index in [-0.39, 0.29) is 40.5 Å². The van der Waals surface area contributed by atoms with Gasteiger partial charge in [-0.1, -0.05) is 34.8 Å². The molecule has 2 fully saturated rings. The highest BCUT2D eigenvalue weighted by atomic mass is 79.9. The smallest absolute Gasteiger partial charge is 0.337 e. The van der Waals surface area contributed by atoms with Gasteiger partial charge < -0.3 is 10.4 Å². The predicted octanol–water partition coefficient (Wildman–Crippen LogP) is 4.08. The molecule has 1 aliphatic heterocycles. The fourth-order valence-electron chi connectivity index (χ4n) is 4.20. The largest absolute Gasteiger partial charge is 0.478 e. The number of carbonyl (C=O) groups is 4. The summed E-state index contributed by atoms with van der Waals surface area (Å²) in [5, 5.41) is 12.0. The summed E-state index contributed by atoms with van der Waals surface area (Å²) in [4.78, 5) is 51.0. The molecule has 2 aromatic rings. The summed E-state index contributed by atoms with van der Waals surface area (Å²) in [5.41, 5.74) is 0.687.